The zero-order valence-corrected chi connectivity index (χ0v) is 16.3. The highest BCUT2D eigenvalue weighted by Crippen LogP contribution is 2.15. The summed E-state index contributed by atoms with van der Waals surface area (Å²) in [5, 5.41) is 11.8. The third-order valence-corrected chi connectivity index (χ3v) is 5.17. The van der Waals surface area contributed by atoms with Gasteiger partial charge in [-0.25, -0.2) is 0 Å². The summed E-state index contributed by atoms with van der Waals surface area (Å²) >= 11 is 0. The first-order valence-corrected chi connectivity index (χ1v) is 9.77. The van der Waals surface area contributed by atoms with Gasteiger partial charge in [0.25, 0.3) is 0 Å². The van der Waals surface area contributed by atoms with E-state index in [0.29, 0.717) is 5.95 Å². The first kappa shape index (κ1) is 18.4. The summed E-state index contributed by atoms with van der Waals surface area (Å²) < 4.78 is 0. The average molecular weight is 374 g/mol. The topological polar surface area (TPSA) is 57.2 Å². The molecule has 1 aliphatic rings. The van der Waals surface area contributed by atoms with Gasteiger partial charge in [-0.3, -0.25) is 4.90 Å². The van der Waals surface area contributed by atoms with Gasteiger partial charge in [0.2, 0.25) is 5.95 Å². The van der Waals surface area contributed by atoms with Crippen LogP contribution in [0.4, 0.5) is 11.8 Å². The van der Waals surface area contributed by atoms with E-state index in [4.69, 9.17) is 0 Å². The third-order valence-electron chi connectivity index (χ3n) is 5.17. The molecule has 6 nitrogen and oxygen atoms in total. The van der Waals surface area contributed by atoms with Gasteiger partial charge in [0.1, 0.15) is 0 Å². The van der Waals surface area contributed by atoms with Crippen LogP contribution in [0.3, 0.4) is 0 Å². The van der Waals surface area contributed by atoms with Crippen LogP contribution >= 0.6 is 0 Å². The average Bonchev–Trinajstić information content (AvgIpc) is 2.75. The largest absolute Gasteiger partial charge is 0.365 e. The summed E-state index contributed by atoms with van der Waals surface area (Å²) in [4.78, 5) is 9.36. The minimum Gasteiger partial charge on any atom is -0.365 e. The maximum Gasteiger partial charge on any atom is 0.247 e. The zero-order valence-electron chi connectivity index (χ0n) is 16.3. The highest BCUT2D eigenvalue weighted by molar-refractivity contribution is 5.40. The Labute approximate surface area is 166 Å². The quantitative estimate of drug-likeness (QED) is 0.715. The molecular weight excluding hydrogens is 348 g/mol. The van der Waals surface area contributed by atoms with Crippen LogP contribution in [0.2, 0.25) is 0 Å². The molecule has 1 N–H and O–H groups in total. The van der Waals surface area contributed by atoms with Crippen molar-refractivity contribution in [3.8, 4) is 0 Å². The van der Waals surface area contributed by atoms with Crippen molar-refractivity contribution >= 4 is 11.8 Å². The van der Waals surface area contributed by atoms with Gasteiger partial charge in [-0.1, -0.05) is 54.6 Å². The fraction of sp³-hybridized carbons (Fsp3) is 0.318. The normalized spacial score (nSPS) is 14.8. The molecule has 0 amide bonds. The van der Waals surface area contributed by atoms with Crippen LogP contribution in [0.25, 0.3) is 0 Å². The number of hydrogen-bond donors (Lipinski definition) is 1. The maximum atomic E-state index is 4.67. The molecule has 3 aromatic rings. The van der Waals surface area contributed by atoms with E-state index in [2.05, 4.69) is 91.8 Å². The third kappa shape index (κ3) is 4.64. The fourth-order valence-electron chi connectivity index (χ4n) is 3.46. The van der Waals surface area contributed by atoms with Crippen LogP contribution in [-0.4, -0.2) is 46.3 Å². The van der Waals surface area contributed by atoms with E-state index < -0.39 is 0 Å². The van der Waals surface area contributed by atoms with Crippen molar-refractivity contribution in [2.75, 3.05) is 36.4 Å². The predicted octanol–water partition coefficient (Wildman–Crippen LogP) is 3.11. The van der Waals surface area contributed by atoms with Crippen molar-refractivity contribution in [3.63, 3.8) is 0 Å². The van der Waals surface area contributed by atoms with Gasteiger partial charge in [-0.2, -0.15) is 10.1 Å². The van der Waals surface area contributed by atoms with Crippen molar-refractivity contribution in [2.24, 2.45) is 0 Å². The molecule has 28 heavy (non-hydrogen) atoms. The molecule has 4 rings (SSSR count). The number of benzene rings is 2. The van der Waals surface area contributed by atoms with Crippen molar-refractivity contribution in [2.45, 2.75) is 20.0 Å². The van der Waals surface area contributed by atoms with Crippen LogP contribution in [0, 0.1) is 6.92 Å². The van der Waals surface area contributed by atoms with E-state index in [1.807, 2.05) is 0 Å². The lowest BCUT2D eigenvalue weighted by molar-refractivity contribution is 0.248. The number of rotatable bonds is 6. The monoisotopic (exact) mass is 374 g/mol. The Bertz CT molecular complexity index is 890. The summed E-state index contributed by atoms with van der Waals surface area (Å²) in [5.74, 6) is 1.47. The first-order valence-electron chi connectivity index (χ1n) is 9.77. The number of aryl methyl sites for hydroxylation is 1. The van der Waals surface area contributed by atoms with E-state index in [-0.39, 0.29) is 0 Å². The smallest absolute Gasteiger partial charge is 0.247 e. The Morgan fingerprint density at radius 2 is 1.68 bits per heavy atom. The van der Waals surface area contributed by atoms with E-state index in [1.165, 1.54) is 16.7 Å². The zero-order chi connectivity index (χ0) is 19.2. The SMILES string of the molecule is Cc1ccccc1CNc1cnnc(N2CCN(Cc3ccccc3)CC2)n1. The van der Waals surface area contributed by atoms with E-state index in [1.54, 1.807) is 6.20 Å². The van der Waals surface area contributed by atoms with Crippen molar-refractivity contribution < 1.29 is 0 Å². The van der Waals surface area contributed by atoms with Crippen LogP contribution in [-0.2, 0) is 13.1 Å². The Morgan fingerprint density at radius 1 is 0.929 bits per heavy atom. The predicted molar refractivity (Wildman–Crippen MR) is 112 cm³/mol. The summed E-state index contributed by atoms with van der Waals surface area (Å²) in [7, 11) is 0. The molecule has 0 unspecified atom stereocenters. The Hall–Kier alpha value is -2.99. The first-order chi connectivity index (χ1) is 13.8. The molecule has 0 bridgehead atoms. The van der Waals surface area contributed by atoms with Crippen LogP contribution < -0.4 is 10.2 Å². The summed E-state index contributed by atoms with van der Waals surface area (Å²) in [5.41, 5.74) is 3.89. The molecule has 0 spiro atoms. The maximum absolute atomic E-state index is 4.67. The minimum atomic E-state index is 0.703. The van der Waals surface area contributed by atoms with Crippen molar-refractivity contribution in [1.82, 2.24) is 20.1 Å². The Morgan fingerprint density at radius 3 is 2.46 bits per heavy atom. The molecule has 0 saturated carbocycles. The second-order valence-corrected chi connectivity index (χ2v) is 7.17. The molecule has 0 atom stereocenters. The molecule has 2 aromatic carbocycles. The summed E-state index contributed by atoms with van der Waals surface area (Å²) in [6, 6.07) is 19.0. The number of anilines is 2. The van der Waals surface area contributed by atoms with Gasteiger partial charge < -0.3 is 10.2 Å². The van der Waals surface area contributed by atoms with Crippen molar-refractivity contribution in [1.29, 1.82) is 0 Å². The minimum absolute atomic E-state index is 0.703. The van der Waals surface area contributed by atoms with Gasteiger partial charge in [0.15, 0.2) is 5.82 Å². The Balaban J connectivity index is 1.33. The fourth-order valence-corrected chi connectivity index (χ4v) is 3.46. The molecule has 0 aliphatic carbocycles. The van der Waals surface area contributed by atoms with Gasteiger partial charge in [0.05, 0.1) is 6.20 Å². The molecule has 2 heterocycles. The standard InChI is InChI=1S/C22H26N6/c1-18-7-5-6-10-20(18)15-23-21-16-24-26-22(25-21)28-13-11-27(12-14-28)17-19-8-3-2-4-9-19/h2-10,16H,11-15,17H2,1H3,(H,23,25,26). The molecule has 1 saturated heterocycles. The van der Waals surface area contributed by atoms with E-state index in [0.717, 1.165) is 45.1 Å². The number of nitrogens with one attached hydrogen (secondary N) is 1. The molecule has 1 fully saturated rings. The van der Waals surface area contributed by atoms with Gasteiger partial charge in [-0.05, 0) is 23.6 Å². The van der Waals surface area contributed by atoms with Crippen LogP contribution in [0.1, 0.15) is 16.7 Å². The summed E-state index contributed by atoms with van der Waals surface area (Å²) in [6.07, 6.45) is 1.69. The molecule has 0 radical (unpaired) electrons. The molecule has 144 valence electrons. The number of aromatic nitrogens is 3. The number of piperazine rings is 1. The summed E-state index contributed by atoms with van der Waals surface area (Å²) in [6.45, 7) is 7.67. The second kappa shape index (κ2) is 8.80. The molecular formula is C22H26N6. The highest BCUT2D eigenvalue weighted by atomic mass is 15.4. The lowest BCUT2D eigenvalue weighted by atomic mass is 10.1. The van der Waals surface area contributed by atoms with Crippen LogP contribution in [0.5, 0.6) is 0 Å². The van der Waals surface area contributed by atoms with Gasteiger partial charge in [-0.15, -0.1) is 5.10 Å². The lowest BCUT2D eigenvalue weighted by Gasteiger charge is -2.34. The van der Waals surface area contributed by atoms with E-state index >= 15 is 0 Å². The number of nitrogens with zero attached hydrogens (tertiary/aromatic N) is 5. The van der Waals surface area contributed by atoms with Gasteiger partial charge in [0, 0.05) is 39.3 Å². The molecule has 6 heteroatoms. The molecule has 1 aromatic heterocycles. The van der Waals surface area contributed by atoms with Crippen LogP contribution in [0.15, 0.2) is 60.8 Å². The lowest BCUT2D eigenvalue weighted by Crippen LogP contribution is -2.46. The highest BCUT2D eigenvalue weighted by Gasteiger charge is 2.19. The Kier molecular flexibility index (Phi) is 5.77. The van der Waals surface area contributed by atoms with E-state index in [9.17, 15) is 0 Å². The number of hydrogen-bond acceptors (Lipinski definition) is 6. The van der Waals surface area contributed by atoms with Gasteiger partial charge >= 0.3 is 0 Å². The second-order valence-electron chi connectivity index (χ2n) is 7.17. The van der Waals surface area contributed by atoms with Crippen molar-refractivity contribution in [3.05, 3.63) is 77.5 Å². The molecule has 1 aliphatic heterocycles.